The Morgan fingerprint density at radius 1 is 1.15 bits per heavy atom. The zero-order chi connectivity index (χ0) is 18.4. The minimum absolute atomic E-state index is 0.0927. The molecule has 7 heteroatoms. The Balaban J connectivity index is 1.45. The summed E-state index contributed by atoms with van der Waals surface area (Å²) in [5, 5.41) is 7.95. The van der Waals surface area contributed by atoms with Gasteiger partial charge in [-0.2, -0.15) is 0 Å². The lowest BCUT2D eigenvalue weighted by atomic mass is 10.2. The van der Waals surface area contributed by atoms with Gasteiger partial charge >= 0.3 is 0 Å². The third kappa shape index (κ3) is 6.11. The van der Waals surface area contributed by atoms with E-state index in [0.717, 1.165) is 31.9 Å². The van der Waals surface area contributed by atoms with Crippen molar-refractivity contribution in [3.8, 4) is 0 Å². The van der Waals surface area contributed by atoms with E-state index >= 15 is 0 Å². The maximum Gasteiger partial charge on any atom is 0.170 e. The molecule has 2 aromatic carbocycles. The zero-order valence-corrected chi connectivity index (χ0v) is 16.6. The van der Waals surface area contributed by atoms with Crippen LogP contribution in [0.5, 0.6) is 0 Å². The van der Waals surface area contributed by atoms with Crippen LogP contribution in [-0.2, 0) is 11.3 Å². The fourth-order valence-electron chi connectivity index (χ4n) is 2.90. The van der Waals surface area contributed by atoms with Crippen molar-refractivity contribution in [1.29, 1.82) is 0 Å². The van der Waals surface area contributed by atoms with Gasteiger partial charge in [0, 0.05) is 41.9 Å². The average molecular weight is 410 g/mol. The van der Waals surface area contributed by atoms with Crippen molar-refractivity contribution >= 4 is 46.2 Å². The second-order valence-corrected chi connectivity index (χ2v) is 7.49. The molecule has 0 aromatic heterocycles. The second kappa shape index (κ2) is 9.53. The minimum Gasteiger partial charge on any atom is -0.374 e. The predicted molar refractivity (Wildman–Crippen MR) is 112 cm³/mol. The summed E-state index contributed by atoms with van der Waals surface area (Å²) in [7, 11) is 0. The normalized spacial score (nSPS) is 17.7. The molecule has 0 unspecified atom stereocenters. The highest BCUT2D eigenvalue weighted by Crippen LogP contribution is 2.22. The highest BCUT2D eigenvalue weighted by Gasteiger charge is 2.20. The van der Waals surface area contributed by atoms with Gasteiger partial charge in [0.15, 0.2) is 5.11 Å². The van der Waals surface area contributed by atoms with Gasteiger partial charge in [-0.15, -0.1) is 0 Å². The summed E-state index contributed by atoms with van der Waals surface area (Å²) in [6.07, 6.45) is 0.0927. The van der Waals surface area contributed by atoms with Crippen molar-refractivity contribution in [1.82, 2.24) is 10.2 Å². The largest absolute Gasteiger partial charge is 0.374 e. The van der Waals surface area contributed by atoms with Crippen molar-refractivity contribution in [3.05, 3.63) is 64.1 Å². The Hall–Kier alpha value is -1.37. The van der Waals surface area contributed by atoms with Gasteiger partial charge in [-0.05, 0) is 36.0 Å². The zero-order valence-electron chi connectivity index (χ0n) is 14.3. The first-order chi connectivity index (χ1) is 12.6. The summed E-state index contributed by atoms with van der Waals surface area (Å²) in [6, 6.07) is 15.7. The van der Waals surface area contributed by atoms with Crippen LogP contribution < -0.4 is 10.6 Å². The number of ether oxygens (including phenoxy) is 1. The number of nitrogens with one attached hydrogen (secondary N) is 2. The monoisotopic (exact) mass is 409 g/mol. The van der Waals surface area contributed by atoms with E-state index in [2.05, 4.69) is 39.8 Å². The molecule has 2 N–H and O–H groups in total. The van der Waals surface area contributed by atoms with Gasteiger partial charge in [0.1, 0.15) is 0 Å². The molecule has 138 valence electrons. The van der Waals surface area contributed by atoms with Crippen LogP contribution >= 0.6 is 35.4 Å². The van der Waals surface area contributed by atoms with Crippen LogP contribution in [0.25, 0.3) is 0 Å². The highest BCUT2D eigenvalue weighted by molar-refractivity contribution is 7.80. The molecule has 1 heterocycles. The number of anilines is 1. The van der Waals surface area contributed by atoms with Gasteiger partial charge in [-0.25, -0.2) is 0 Å². The Labute approximate surface area is 169 Å². The average Bonchev–Trinajstić information content (AvgIpc) is 2.60. The van der Waals surface area contributed by atoms with Crippen molar-refractivity contribution < 1.29 is 4.74 Å². The van der Waals surface area contributed by atoms with Gasteiger partial charge in [-0.1, -0.05) is 53.5 Å². The van der Waals surface area contributed by atoms with Crippen molar-refractivity contribution in [2.75, 3.05) is 31.6 Å². The summed E-state index contributed by atoms with van der Waals surface area (Å²) < 4.78 is 5.85. The lowest BCUT2D eigenvalue weighted by molar-refractivity contribution is -0.0279. The Morgan fingerprint density at radius 2 is 1.88 bits per heavy atom. The number of rotatable bonds is 5. The first kappa shape index (κ1) is 19.4. The van der Waals surface area contributed by atoms with Crippen molar-refractivity contribution in [2.24, 2.45) is 0 Å². The van der Waals surface area contributed by atoms with E-state index in [0.29, 0.717) is 21.7 Å². The van der Waals surface area contributed by atoms with Gasteiger partial charge in [0.2, 0.25) is 0 Å². The Morgan fingerprint density at radius 3 is 2.62 bits per heavy atom. The van der Waals surface area contributed by atoms with E-state index in [1.54, 1.807) is 18.2 Å². The Bertz CT molecular complexity index is 725. The van der Waals surface area contributed by atoms with Crippen LogP contribution in [0.4, 0.5) is 5.69 Å². The number of hydrogen-bond donors (Lipinski definition) is 2. The molecule has 1 aliphatic rings. The lowest BCUT2D eigenvalue weighted by Gasteiger charge is -2.33. The van der Waals surface area contributed by atoms with E-state index in [1.165, 1.54) is 5.56 Å². The number of benzene rings is 2. The van der Waals surface area contributed by atoms with Crippen LogP contribution in [-0.4, -0.2) is 42.4 Å². The molecular weight excluding hydrogens is 389 g/mol. The molecule has 26 heavy (non-hydrogen) atoms. The van der Waals surface area contributed by atoms with E-state index in [1.807, 2.05) is 6.07 Å². The van der Waals surface area contributed by atoms with E-state index < -0.39 is 0 Å². The van der Waals surface area contributed by atoms with Crippen LogP contribution in [0, 0.1) is 0 Å². The number of nitrogens with zero attached hydrogens (tertiary/aromatic N) is 1. The molecule has 0 spiro atoms. The topological polar surface area (TPSA) is 36.5 Å². The molecule has 1 aliphatic heterocycles. The quantitative estimate of drug-likeness (QED) is 0.724. The molecule has 2 aromatic rings. The standard InChI is InChI=1S/C19H21Cl2N3OS/c20-15-8-16(21)10-17(9-15)23-19(26)22-11-18-13-24(6-7-25-18)12-14-4-2-1-3-5-14/h1-5,8-10,18H,6-7,11-13H2,(H2,22,23,26)/t18-/m1/s1. The molecule has 1 fully saturated rings. The van der Waals surface area contributed by atoms with Crippen LogP contribution in [0.3, 0.4) is 0 Å². The molecule has 3 rings (SSSR count). The third-order valence-electron chi connectivity index (χ3n) is 4.08. The van der Waals surface area contributed by atoms with Gasteiger partial charge in [0.25, 0.3) is 0 Å². The molecule has 0 amide bonds. The Kier molecular flexibility index (Phi) is 7.11. The van der Waals surface area contributed by atoms with E-state index in [-0.39, 0.29) is 6.10 Å². The fraction of sp³-hybridized carbons (Fsp3) is 0.316. The lowest BCUT2D eigenvalue weighted by Crippen LogP contribution is -2.47. The maximum absolute atomic E-state index is 6.00. The summed E-state index contributed by atoms with van der Waals surface area (Å²) in [5.74, 6) is 0. The first-order valence-electron chi connectivity index (χ1n) is 8.47. The SMILES string of the molecule is S=C(NC[C@@H]1CN(Cc2ccccc2)CCO1)Nc1cc(Cl)cc(Cl)c1. The molecular formula is C19H21Cl2N3OS. The summed E-state index contributed by atoms with van der Waals surface area (Å²) in [6.45, 7) is 4.11. The number of halogens is 2. The predicted octanol–water partition coefficient (Wildman–Crippen LogP) is 4.18. The van der Waals surface area contributed by atoms with Gasteiger partial charge < -0.3 is 15.4 Å². The first-order valence-corrected chi connectivity index (χ1v) is 9.64. The smallest absolute Gasteiger partial charge is 0.170 e. The molecule has 0 saturated carbocycles. The summed E-state index contributed by atoms with van der Waals surface area (Å²) in [5.41, 5.74) is 2.08. The number of morpholine rings is 1. The number of thiocarbonyl (C=S) groups is 1. The fourth-order valence-corrected chi connectivity index (χ4v) is 3.62. The van der Waals surface area contributed by atoms with Crippen molar-refractivity contribution in [3.63, 3.8) is 0 Å². The summed E-state index contributed by atoms with van der Waals surface area (Å²) >= 11 is 17.4. The van der Waals surface area contributed by atoms with Crippen LogP contribution in [0.2, 0.25) is 10.0 Å². The van der Waals surface area contributed by atoms with Crippen LogP contribution in [0.1, 0.15) is 5.56 Å². The third-order valence-corrected chi connectivity index (χ3v) is 4.77. The molecule has 1 saturated heterocycles. The van der Waals surface area contributed by atoms with Gasteiger partial charge in [-0.3, -0.25) is 4.90 Å². The van der Waals surface area contributed by atoms with E-state index in [9.17, 15) is 0 Å². The number of hydrogen-bond acceptors (Lipinski definition) is 3. The van der Waals surface area contributed by atoms with Gasteiger partial charge in [0.05, 0.1) is 12.7 Å². The molecule has 0 aliphatic carbocycles. The highest BCUT2D eigenvalue weighted by atomic mass is 35.5. The second-order valence-electron chi connectivity index (χ2n) is 6.21. The van der Waals surface area contributed by atoms with E-state index in [4.69, 9.17) is 40.2 Å². The molecule has 1 atom stereocenters. The van der Waals surface area contributed by atoms with Crippen LogP contribution in [0.15, 0.2) is 48.5 Å². The van der Waals surface area contributed by atoms with Crippen molar-refractivity contribution in [2.45, 2.75) is 12.6 Å². The summed E-state index contributed by atoms with van der Waals surface area (Å²) in [4.78, 5) is 2.40. The maximum atomic E-state index is 6.00. The molecule has 0 radical (unpaired) electrons. The minimum atomic E-state index is 0.0927. The molecule has 0 bridgehead atoms. The molecule has 4 nitrogen and oxygen atoms in total.